The van der Waals surface area contributed by atoms with Crippen molar-refractivity contribution < 1.29 is 9.59 Å². The first-order valence-corrected chi connectivity index (χ1v) is 5.40. The highest BCUT2D eigenvalue weighted by Crippen LogP contribution is 2.16. The van der Waals surface area contributed by atoms with Gasteiger partial charge in [0.25, 0.3) is 0 Å². The maximum atomic E-state index is 11.8. The lowest BCUT2D eigenvalue weighted by Gasteiger charge is -2.20. The molecule has 0 aliphatic carbocycles. The quantitative estimate of drug-likeness (QED) is 0.656. The van der Waals surface area contributed by atoms with Crippen molar-refractivity contribution in [3.8, 4) is 0 Å². The molecular weight excluding hydrogens is 194 g/mol. The Morgan fingerprint density at radius 3 is 2.67 bits per heavy atom. The molecule has 1 fully saturated rings. The van der Waals surface area contributed by atoms with Crippen LogP contribution in [0.1, 0.15) is 26.2 Å². The zero-order chi connectivity index (χ0) is 11.4. The molecule has 0 aromatic carbocycles. The highest BCUT2D eigenvalue weighted by atomic mass is 16.2. The Bertz CT molecular complexity index is 255. The molecule has 1 aliphatic rings. The maximum absolute atomic E-state index is 11.8. The number of amides is 2. The van der Waals surface area contributed by atoms with Crippen LogP contribution in [0.4, 0.5) is 0 Å². The molecule has 0 bridgehead atoms. The van der Waals surface area contributed by atoms with E-state index in [2.05, 4.69) is 0 Å². The third-order valence-corrected chi connectivity index (χ3v) is 2.82. The molecule has 86 valence electrons. The lowest BCUT2D eigenvalue weighted by atomic mass is 10.1. The summed E-state index contributed by atoms with van der Waals surface area (Å²) in [7, 11) is 0. The molecule has 1 heterocycles. The second-order valence-electron chi connectivity index (χ2n) is 4.07. The van der Waals surface area contributed by atoms with Gasteiger partial charge in [-0.15, -0.1) is 0 Å². The van der Waals surface area contributed by atoms with Gasteiger partial charge in [0.15, 0.2) is 0 Å². The van der Waals surface area contributed by atoms with Crippen LogP contribution in [0.5, 0.6) is 0 Å². The summed E-state index contributed by atoms with van der Waals surface area (Å²) in [5.41, 5.74) is 10.9. The lowest BCUT2D eigenvalue weighted by Crippen LogP contribution is -2.43. The Balaban J connectivity index is 2.46. The fourth-order valence-electron chi connectivity index (χ4n) is 1.86. The Morgan fingerprint density at radius 1 is 1.53 bits per heavy atom. The van der Waals surface area contributed by atoms with Gasteiger partial charge in [-0.05, 0) is 12.8 Å². The molecule has 0 aromatic heterocycles. The van der Waals surface area contributed by atoms with Crippen molar-refractivity contribution in [3.05, 3.63) is 0 Å². The zero-order valence-corrected chi connectivity index (χ0v) is 9.11. The van der Waals surface area contributed by atoms with Gasteiger partial charge in [0, 0.05) is 13.1 Å². The van der Waals surface area contributed by atoms with Gasteiger partial charge >= 0.3 is 0 Å². The third-order valence-electron chi connectivity index (χ3n) is 2.82. The summed E-state index contributed by atoms with van der Waals surface area (Å²) >= 11 is 0. The van der Waals surface area contributed by atoms with Crippen molar-refractivity contribution in [2.45, 2.75) is 32.2 Å². The average Bonchev–Trinajstić information content (AvgIpc) is 2.65. The van der Waals surface area contributed by atoms with E-state index in [0.717, 1.165) is 6.42 Å². The van der Waals surface area contributed by atoms with Crippen LogP contribution in [0.2, 0.25) is 0 Å². The Morgan fingerprint density at radius 2 is 2.20 bits per heavy atom. The number of carbonyl (C=O) groups is 2. The van der Waals surface area contributed by atoms with Gasteiger partial charge in [0.2, 0.25) is 11.8 Å². The topological polar surface area (TPSA) is 89.4 Å². The first-order chi connectivity index (χ1) is 7.06. The summed E-state index contributed by atoms with van der Waals surface area (Å²) in [5.74, 6) is -0.572. The van der Waals surface area contributed by atoms with Gasteiger partial charge in [-0.1, -0.05) is 13.3 Å². The summed E-state index contributed by atoms with van der Waals surface area (Å²) in [6, 6.07) is -0.429. The van der Waals surface area contributed by atoms with E-state index in [-0.39, 0.29) is 17.7 Å². The lowest BCUT2D eigenvalue weighted by molar-refractivity contribution is -0.132. The predicted molar refractivity (Wildman–Crippen MR) is 56.8 cm³/mol. The molecular formula is C10H19N3O2. The minimum Gasteiger partial charge on any atom is -0.369 e. The number of rotatable bonds is 4. The molecule has 4 N–H and O–H groups in total. The average molecular weight is 213 g/mol. The van der Waals surface area contributed by atoms with Gasteiger partial charge in [0.05, 0.1) is 12.0 Å². The molecule has 2 amide bonds. The Kier molecular flexibility index (Phi) is 4.08. The van der Waals surface area contributed by atoms with E-state index in [0.29, 0.717) is 25.9 Å². The second kappa shape index (κ2) is 5.11. The molecule has 0 spiro atoms. The molecule has 1 aliphatic heterocycles. The highest BCUT2D eigenvalue weighted by molar-refractivity contribution is 5.84. The molecule has 5 heteroatoms. The van der Waals surface area contributed by atoms with Crippen molar-refractivity contribution in [2.75, 3.05) is 13.1 Å². The van der Waals surface area contributed by atoms with Gasteiger partial charge in [-0.2, -0.15) is 0 Å². The van der Waals surface area contributed by atoms with Gasteiger partial charge < -0.3 is 16.4 Å². The van der Waals surface area contributed by atoms with Crippen molar-refractivity contribution in [1.82, 2.24) is 4.90 Å². The molecule has 0 radical (unpaired) electrons. The van der Waals surface area contributed by atoms with Crippen LogP contribution in [-0.4, -0.2) is 35.8 Å². The second-order valence-corrected chi connectivity index (χ2v) is 4.07. The van der Waals surface area contributed by atoms with Crippen LogP contribution >= 0.6 is 0 Å². The van der Waals surface area contributed by atoms with Crippen molar-refractivity contribution in [2.24, 2.45) is 17.4 Å². The molecule has 1 rings (SSSR count). The largest absolute Gasteiger partial charge is 0.369 e. The van der Waals surface area contributed by atoms with Crippen LogP contribution in [0.3, 0.4) is 0 Å². The van der Waals surface area contributed by atoms with E-state index < -0.39 is 6.04 Å². The van der Waals surface area contributed by atoms with Crippen LogP contribution in [0.25, 0.3) is 0 Å². The number of primary amides is 1. The smallest absolute Gasteiger partial charge is 0.239 e. The monoisotopic (exact) mass is 213 g/mol. The molecule has 15 heavy (non-hydrogen) atoms. The van der Waals surface area contributed by atoms with Crippen LogP contribution in [0.15, 0.2) is 0 Å². The molecule has 2 atom stereocenters. The number of carbonyl (C=O) groups excluding carboxylic acids is 2. The summed E-state index contributed by atoms with van der Waals surface area (Å²) in [6.45, 7) is 3.03. The maximum Gasteiger partial charge on any atom is 0.239 e. The zero-order valence-electron chi connectivity index (χ0n) is 9.11. The first kappa shape index (κ1) is 12.0. The summed E-state index contributed by atoms with van der Waals surface area (Å²) in [5, 5.41) is 0. The first-order valence-electron chi connectivity index (χ1n) is 5.40. The van der Waals surface area contributed by atoms with Gasteiger partial charge in [-0.25, -0.2) is 0 Å². The number of hydrogen-bond acceptors (Lipinski definition) is 3. The highest BCUT2D eigenvalue weighted by Gasteiger charge is 2.31. The van der Waals surface area contributed by atoms with Crippen LogP contribution in [0, 0.1) is 5.92 Å². The van der Waals surface area contributed by atoms with E-state index >= 15 is 0 Å². The van der Waals surface area contributed by atoms with Gasteiger partial charge in [-0.3, -0.25) is 9.59 Å². The van der Waals surface area contributed by atoms with E-state index in [9.17, 15) is 9.59 Å². The van der Waals surface area contributed by atoms with E-state index in [1.54, 1.807) is 4.90 Å². The SMILES string of the molecule is CCCC(N)C(=O)N1CCC(C(N)=O)C1. The van der Waals surface area contributed by atoms with E-state index in [1.165, 1.54) is 0 Å². The fourth-order valence-corrected chi connectivity index (χ4v) is 1.86. The Labute approximate surface area is 89.8 Å². The minimum absolute atomic E-state index is 0.0550. The predicted octanol–water partition coefficient (Wildman–Crippen LogP) is -0.552. The van der Waals surface area contributed by atoms with Crippen molar-refractivity contribution in [3.63, 3.8) is 0 Å². The fraction of sp³-hybridized carbons (Fsp3) is 0.800. The summed E-state index contributed by atoms with van der Waals surface area (Å²) < 4.78 is 0. The van der Waals surface area contributed by atoms with E-state index in [4.69, 9.17) is 11.5 Å². The molecule has 0 aromatic rings. The number of likely N-dealkylation sites (tertiary alicyclic amines) is 1. The van der Waals surface area contributed by atoms with E-state index in [1.807, 2.05) is 6.92 Å². The molecule has 5 nitrogen and oxygen atoms in total. The van der Waals surface area contributed by atoms with Crippen LogP contribution in [-0.2, 0) is 9.59 Å². The standard InChI is InChI=1S/C10H19N3O2/c1-2-3-8(11)10(15)13-5-4-7(6-13)9(12)14/h7-8H,2-6,11H2,1H3,(H2,12,14). The number of nitrogens with zero attached hydrogens (tertiary/aromatic N) is 1. The number of nitrogens with two attached hydrogens (primary N) is 2. The van der Waals surface area contributed by atoms with Crippen molar-refractivity contribution in [1.29, 1.82) is 0 Å². The minimum atomic E-state index is -0.429. The van der Waals surface area contributed by atoms with Crippen LogP contribution < -0.4 is 11.5 Å². The number of hydrogen-bond donors (Lipinski definition) is 2. The third kappa shape index (κ3) is 2.92. The molecule has 0 saturated carbocycles. The molecule has 2 unspecified atom stereocenters. The summed E-state index contributed by atoms with van der Waals surface area (Å²) in [4.78, 5) is 24.3. The van der Waals surface area contributed by atoms with Gasteiger partial charge in [0.1, 0.15) is 0 Å². The Hall–Kier alpha value is -1.10. The molecule has 1 saturated heterocycles. The van der Waals surface area contributed by atoms with Crippen molar-refractivity contribution >= 4 is 11.8 Å². The summed E-state index contributed by atoms with van der Waals surface area (Å²) in [6.07, 6.45) is 2.25. The normalized spacial score (nSPS) is 22.8.